The summed E-state index contributed by atoms with van der Waals surface area (Å²) in [7, 11) is -4.03. The van der Waals surface area contributed by atoms with Gasteiger partial charge < -0.3 is 9.73 Å². The van der Waals surface area contributed by atoms with Gasteiger partial charge in [-0.15, -0.1) is 0 Å². The fourth-order valence-corrected chi connectivity index (χ4v) is 2.00. The second-order valence-electron chi connectivity index (χ2n) is 3.98. The molecule has 2 rings (SSSR count). The third-order valence-corrected chi connectivity index (χ3v) is 3.39. The van der Waals surface area contributed by atoms with E-state index in [0.717, 1.165) is 30.5 Å². The maximum absolute atomic E-state index is 13.6. The highest BCUT2D eigenvalue weighted by atomic mass is 32.2. The van der Waals surface area contributed by atoms with Crippen LogP contribution < -0.4 is 16.1 Å². The summed E-state index contributed by atoms with van der Waals surface area (Å²) < 4.78 is 40.4. The molecule has 0 aliphatic heterocycles. The van der Waals surface area contributed by atoms with E-state index in [2.05, 4.69) is 9.73 Å². The van der Waals surface area contributed by atoms with Crippen LogP contribution in [0.2, 0.25) is 0 Å². The summed E-state index contributed by atoms with van der Waals surface area (Å²) in [5, 5.41) is 7.08. The van der Waals surface area contributed by atoms with Crippen molar-refractivity contribution in [1.29, 1.82) is 0 Å². The first kappa shape index (κ1) is 14.9. The van der Waals surface area contributed by atoms with Crippen LogP contribution in [-0.4, -0.2) is 14.3 Å². The number of carbonyl (C=O) groups excluding carboxylic acids is 1. The van der Waals surface area contributed by atoms with Crippen molar-refractivity contribution in [2.24, 2.45) is 5.14 Å². The molecule has 1 heterocycles. The third kappa shape index (κ3) is 3.52. The standard InChI is InChI=1S/C12H9FN2O5S/c13-9-3-2-8(21(14,18)19)5-10(9)15-12(17)7-1-4-11(16)20-6-7/h1-6H,(H,15,17)(H2,14,18,19). The van der Waals surface area contributed by atoms with E-state index in [0.29, 0.717) is 0 Å². The summed E-state index contributed by atoms with van der Waals surface area (Å²) in [6.45, 7) is 0. The number of nitrogens with two attached hydrogens (primary N) is 1. The minimum atomic E-state index is -4.03. The van der Waals surface area contributed by atoms with Crippen LogP contribution in [0.3, 0.4) is 0 Å². The van der Waals surface area contributed by atoms with E-state index >= 15 is 0 Å². The van der Waals surface area contributed by atoms with Crippen molar-refractivity contribution in [3.8, 4) is 0 Å². The Hall–Kier alpha value is -2.52. The molecule has 0 aliphatic carbocycles. The number of hydrogen-bond donors (Lipinski definition) is 2. The molecule has 1 aromatic heterocycles. The van der Waals surface area contributed by atoms with Gasteiger partial charge in [0, 0.05) is 6.07 Å². The molecular formula is C12H9FN2O5S. The van der Waals surface area contributed by atoms with E-state index < -0.39 is 27.4 Å². The molecule has 0 aliphatic rings. The summed E-state index contributed by atoms with van der Waals surface area (Å²) in [6.07, 6.45) is 0.902. The van der Waals surface area contributed by atoms with Crippen LogP contribution in [0.15, 0.2) is 50.7 Å². The number of anilines is 1. The molecule has 110 valence electrons. The van der Waals surface area contributed by atoms with Gasteiger partial charge in [-0.25, -0.2) is 22.7 Å². The lowest BCUT2D eigenvalue weighted by atomic mass is 10.2. The first-order chi connectivity index (χ1) is 9.77. The van der Waals surface area contributed by atoms with Crippen molar-refractivity contribution in [3.63, 3.8) is 0 Å². The molecule has 0 fully saturated rings. The number of nitrogens with one attached hydrogen (secondary N) is 1. The van der Waals surface area contributed by atoms with Gasteiger partial charge in [0.2, 0.25) is 10.0 Å². The van der Waals surface area contributed by atoms with Crippen LogP contribution in [-0.2, 0) is 10.0 Å². The highest BCUT2D eigenvalue weighted by molar-refractivity contribution is 7.89. The predicted molar refractivity (Wildman–Crippen MR) is 70.7 cm³/mol. The summed E-state index contributed by atoms with van der Waals surface area (Å²) in [5.41, 5.74) is -1.04. The monoisotopic (exact) mass is 312 g/mol. The maximum Gasteiger partial charge on any atom is 0.335 e. The molecule has 0 saturated carbocycles. The molecule has 0 saturated heterocycles. The molecule has 0 unspecified atom stereocenters. The molecular weight excluding hydrogens is 303 g/mol. The van der Waals surface area contributed by atoms with E-state index in [1.165, 1.54) is 6.07 Å². The zero-order valence-electron chi connectivity index (χ0n) is 10.4. The number of sulfonamides is 1. The molecule has 0 atom stereocenters. The SMILES string of the molecule is NS(=O)(=O)c1ccc(F)c(NC(=O)c2ccc(=O)oc2)c1. The van der Waals surface area contributed by atoms with Crippen LogP contribution in [0.1, 0.15) is 10.4 Å². The molecule has 3 N–H and O–H groups in total. The smallest absolute Gasteiger partial charge is 0.335 e. The summed E-state index contributed by atoms with van der Waals surface area (Å²) in [6, 6.07) is 4.93. The molecule has 7 nitrogen and oxygen atoms in total. The summed E-state index contributed by atoms with van der Waals surface area (Å²) >= 11 is 0. The number of carbonyl (C=O) groups is 1. The lowest BCUT2D eigenvalue weighted by Crippen LogP contribution is -2.16. The van der Waals surface area contributed by atoms with E-state index in [1.54, 1.807) is 0 Å². The van der Waals surface area contributed by atoms with Gasteiger partial charge in [-0.2, -0.15) is 0 Å². The minimum absolute atomic E-state index is 0.0324. The van der Waals surface area contributed by atoms with Crippen molar-refractivity contribution < 1.29 is 22.0 Å². The van der Waals surface area contributed by atoms with Crippen molar-refractivity contribution in [2.45, 2.75) is 4.90 Å². The average molecular weight is 312 g/mol. The highest BCUT2D eigenvalue weighted by Crippen LogP contribution is 2.19. The zero-order valence-corrected chi connectivity index (χ0v) is 11.2. The minimum Gasteiger partial charge on any atom is -0.430 e. The second-order valence-corrected chi connectivity index (χ2v) is 5.55. The molecule has 1 aromatic carbocycles. The Morgan fingerprint density at radius 2 is 1.95 bits per heavy atom. The number of rotatable bonds is 3. The summed E-state index contributed by atoms with van der Waals surface area (Å²) in [5.74, 6) is -1.61. The van der Waals surface area contributed by atoms with Crippen LogP contribution >= 0.6 is 0 Å². The lowest BCUT2D eigenvalue weighted by molar-refractivity contribution is 0.102. The molecule has 1 amide bonds. The highest BCUT2D eigenvalue weighted by Gasteiger charge is 2.14. The zero-order chi connectivity index (χ0) is 15.6. The van der Waals surface area contributed by atoms with Gasteiger partial charge in [0.05, 0.1) is 16.1 Å². The Balaban J connectivity index is 2.33. The number of benzene rings is 1. The van der Waals surface area contributed by atoms with Crippen molar-refractivity contribution >= 4 is 21.6 Å². The number of primary sulfonamides is 1. The van der Waals surface area contributed by atoms with Crippen LogP contribution in [0.4, 0.5) is 10.1 Å². The molecule has 0 bridgehead atoms. The first-order valence-electron chi connectivity index (χ1n) is 5.50. The topological polar surface area (TPSA) is 119 Å². The van der Waals surface area contributed by atoms with Gasteiger partial charge in [0.15, 0.2) is 0 Å². The van der Waals surface area contributed by atoms with Crippen LogP contribution in [0.5, 0.6) is 0 Å². The Morgan fingerprint density at radius 3 is 2.52 bits per heavy atom. The van der Waals surface area contributed by atoms with Gasteiger partial charge in [0.25, 0.3) is 5.91 Å². The fourth-order valence-electron chi connectivity index (χ4n) is 1.46. The maximum atomic E-state index is 13.6. The van der Waals surface area contributed by atoms with Gasteiger partial charge in [-0.05, 0) is 24.3 Å². The van der Waals surface area contributed by atoms with E-state index in [-0.39, 0.29) is 16.1 Å². The number of amides is 1. The Labute approximate surface area is 118 Å². The molecule has 2 aromatic rings. The predicted octanol–water partition coefficient (Wildman–Crippen LogP) is 0.679. The first-order valence-corrected chi connectivity index (χ1v) is 7.04. The normalized spacial score (nSPS) is 11.1. The lowest BCUT2D eigenvalue weighted by Gasteiger charge is -2.07. The molecule has 21 heavy (non-hydrogen) atoms. The molecule has 9 heteroatoms. The van der Waals surface area contributed by atoms with Crippen molar-refractivity contribution in [3.05, 3.63) is 58.4 Å². The molecule has 0 radical (unpaired) electrons. The van der Waals surface area contributed by atoms with E-state index in [1.807, 2.05) is 0 Å². The van der Waals surface area contributed by atoms with Crippen LogP contribution in [0.25, 0.3) is 0 Å². The summed E-state index contributed by atoms with van der Waals surface area (Å²) in [4.78, 5) is 22.2. The second kappa shape index (κ2) is 5.46. The van der Waals surface area contributed by atoms with Gasteiger partial charge in [-0.1, -0.05) is 0 Å². The fraction of sp³-hybridized carbons (Fsp3) is 0. The van der Waals surface area contributed by atoms with Crippen molar-refractivity contribution in [1.82, 2.24) is 0 Å². The Kier molecular flexibility index (Phi) is 3.87. The van der Waals surface area contributed by atoms with E-state index in [9.17, 15) is 22.4 Å². The largest absolute Gasteiger partial charge is 0.430 e. The van der Waals surface area contributed by atoms with Crippen LogP contribution in [0, 0.1) is 5.82 Å². The quantitative estimate of drug-likeness (QED) is 0.863. The third-order valence-electron chi connectivity index (χ3n) is 2.48. The Bertz CT molecular complexity index is 840. The van der Waals surface area contributed by atoms with Gasteiger partial charge >= 0.3 is 5.63 Å². The average Bonchev–Trinajstić information content (AvgIpc) is 2.40. The van der Waals surface area contributed by atoms with Gasteiger partial charge in [-0.3, -0.25) is 4.79 Å². The van der Waals surface area contributed by atoms with E-state index in [4.69, 9.17) is 5.14 Å². The van der Waals surface area contributed by atoms with Crippen molar-refractivity contribution in [2.75, 3.05) is 5.32 Å². The van der Waals surface area contributed by atoms with Gasteiger partial charge in [0.1, 0.15) is 12.1 Å². The Morgan fingerprint density at radius 1 is 1.24 bits per heavy atom. The number of hydrogen-bond acceptors (Lipinski definition) is 5. The molecule has 0 spiro atoms. The number of halogens is 1.